The van der Waals surface area contributed by atoms with Crippen LogP contribution in [0.5, 0.6) is 0 Å². The van der Waals surface area contributed by atoms with Crippen LogP contribution in [-0.4, -0.2) is 43.8 Å². The Morgan fingerprint density at radius 3 is 2.04 bits per heavy atom. The molecule has 0 aliphatic rings. The second-order valence-corrected chi connectivity index (χ2v) is 13.7. The molecule has 45 heavy (non-hydrogen) atoms. The number of rotatable bonds is 13. The van der Waals surface area contributed by atoms with Gasteiger partial charge in [-0.1, -0.05) is 102 Å². The van der Waals surface area contributed by atoms with Crippen LogP contribution in [0.2, 0.25) is 15.1 Å². The Balaban J connectivity index is 1.83. The average Bonchev–Trinajstić information content (AvgIpc) is 3.02. The highest BCUT2D eigenvalue weighted by Gasteiger charge is 2.35. The molecule has 11 heteroatoms. The van der Waals surface area contributed by atoms with Crippen LogP contribution in [0.15, 0.2) is 108 Å². The molecule has 2 amide bonds. The van der Waals surface area contributed by atoms with E-state index < -0.39 is 28.5 Å². The number of nitrogens with one attached hydrogen (secondary N) is 1. The first-order chi connectivity index (χ1) is 21.5. The zero-order valence-electron chi connectivity index (χ0n) is 24.9. The lowest BCUT2D eigenvalue weighted by Crippen LogP contribution is -2.54. The van der Waals surface area contributed by atoms with Crippen molar-refractivity contribution in [1.82, 2.24) is 10.2 Å². The van der Waals surface area contributed by atoms with Gasteiger partial charge in [0.1, 0.15) is 12.6 Å². The van der Waals surface area contributed by atoms with E-state index in [1.165, 1.54) is 35.2 Å². The first-order valence-electron chi connectivity index (χ1n) is 14.4. The van der Waals surface area contributed by atoms with Gasteiger partial charge < -0.3 is 10.2 Å². The molecular formula is C34H34Cl3N3O4S. The SMILES string of the molecule is CC[C@H](C)NC(=O)[C@H](Cc1ccccc1)N(Cc1cccc(Cl)c1)C(=O)CN(c1ccc(Cl)cc1Cl)S(=O)(=O)c1ccccc1. The predicted molar refractivity (Wildman–Crippen MR) is 181 cm³/mol. The first kappa shape index (κ1) is 34.3. The molecule has 7 nitrogen and oxygen atoms in total. The topological polar surface area (TPSA) is 86.8 Å². The predicted octanol–water partition coefficient (Wildman–Crippen LogP) is 7.40. The molecule has 0 aliphatic carbocycles. The molecule has 0 fully saturated rings. The Bertz CT molecular complexity index is 1720. The molecule has 2 atom stereocenters. The zero-order valence-corrected chi connectivity index (χ0v) is 28.0. The second-order valence-electron chi connectivity index (χ2n) is 10.6. The molecule has 1 N–H and O–H groups in total. The van der Waals surface area contributed by atoms with Gasteiger partial charge in [-0.3, -0.25) is 13.9 Å². The highest BCUT2D eigenvalue weighted by Crippen LogP contribution is 2.33. The number of sulfonamides is 1. The Morgan fingerprint density at radius 1 is 0.800 bits per heavy atom. The third kappa shape index (κ3) is 9.01. The summed E-state index contributed by atoms with van der Waals surface area (Å²) >= 11 is 19.0. The van der Waals surface area contributed by atoms with Crippen LogP contribution in [0.4, 0.5) is 5.69 Å². The summed E-state index contributed by atoms with van der Waals surface area (Å²) in [5, 5.41) is 3.83. The van der Waals surface area contributed by atoms with Crippen LogP contribution in [-0.2, 0) is 32.6 Å². The fraction of sp³-hybridized carbons (Fsp3) is 0.235. The number of carbonyl (C=O) groups is 2. The van der Waals surface area contributed by atoms with Gasteiger partial charge in [0.2, 0.25) is 11.8 Å². The molecule has 0 saturated carbocycles. The van der Waals surface area contributed by atoms with Gasteiger partial charge in [0.25, 0.3) is 10.0 Å². The normalized spacial score (nSPS) is 12.6. The first-order valence-corrected chi connectivity index (χ1v) is 17.0. The van der Waals surface area contributed by atoms with Gasteiger partial charge >= 0.3 is 0 Å². The van der Waals surface area contributed by atoms with Crippen molar-refractivity contribution in [2.45, 2.75) is 50.2 Å². The molecule has 4 rings (SSSR count). The second kappa shape index (κ2) is 15.6. The van der Waals surface area contributed by atoms with Crippen molar-refractivity contribution in [3.63, 3.8) is 0 Å². The van der Waals surface area contributed by atoms with E-state index >= 15 is 0 Å². The lowest BCUT2D eigenvalue weighted by Gasteiger charge is -2.34. The summed E-state index contributed by atoms with van der Waals surface area (Å²) in [6.45, 7) is 3.20. The molecule has 0 heterocycles. The maximum absolute atomic E-state index is 14.5. The van der Waals surface area contributed by atoms with Gasteiger partial charge in [-0.05, 0) is 66.9 Å². The number of halogens is 3. The van der Waals surface area contributed by atoms with Crippen molar-refractivity contribution >= 4 is 62.3 Å². The van der Waals surface area contributed by atoms with Crippen LogP contribution in [0.3, 0.4) is 0 Å². The molecule has 0 saturated heterocycles. The van der Waals surface area contributed by atoms with Gasteiger partial charge in [-0.15, -0.1) is 0 Å². The Hall–Kier alpha value is -3.56. The maximum atomic E-state index is 14.5. The third-order valence-corrected chi connectivity index (χ3v) is 9.85. The van der Waals surface area contributed by atoms with E-state index in [1.807, 2.05) is 44.2 Å². The summed E-state index contributed by atoms with van der Waals surface area (Å²) in [6.07, 6.45) is 0.882. The Kier molecular flexibility index (Phi) is 11.9. The quantitative estimate of drug-likeness (QED) is 0.159. The summed E-state index contributed by atoms with van der Waals surface area (Å²) in [5.41, 5.74) is 1.58. The average molecular weight is 687 g/mol. The van der Waals surface area contributed by atoms with Crippen LogP contribution < -0.4 is 9.62 Å². The highest BCUT2D eigenvalue weighted by atomic mass is 35.5. The largest absolute Gasteiger partial charge is 0.352 e. The molecule has 4 aromatic carbocycles. The van der Waals surface area contributed by atoms with E-state index in [9.17, 15) is 18.0 Å². The highest BCUT2D eigenvalue weighted by molar-refractivity contribution is 7.92. The minimum Gasteiger partial charge on any atom is -0.352 e. The van der Waals surface area contributed by atoms with Crippen molar-refractivity contribution in [3.05, 3.63) is 129 Å². The third-order valence-electron chi connectivity index (χ3n) is 7.30. The van der Waals surface area contributed by atoms with Gasteiger partial charge in [0.05, 0.1) is 15.6 Å². The fourth-order valence-corrected chi connectivity index (χ4v) is 6.97. The number of hydrogen-bond donors (Lipinski definition) is 1. The smallest absolute Gasteiger partial charge is 0.264 e. The molecule has 0 aliphatic heterocycles. The van der Waals surface area contributed by atoms with E-state index in [4.69, 9.17) is 34.8 Å². The molecule has 236 valence electrons. The Morgan fingerprint density at radius 2 is 1.42 bits per heavy atom. The minimum absolute atomic E-state index is 0.00159. The van der Waals surface area contributed by atoms with Crippen LogP contribution in [0.1, 0.15) is 31.4 Å². The molecule has 0 bridgehead atoms. The van der Waals surface area contributed by atoms with E-state index in [0.717, 1.165) is 9.87 Å². The van der Waals surface area contributed by atoms with Crippen molar-refractivity contribution in [3.8, 4) is 0 Å². The molecule has 0 unspecified atom stereocenters. The molecular weight excluding hydrogens is 653 g/mol. The number of hydrogen-bond acceptors (Lipinski definition) is 4. The van der Waals surface area contributed by atoms with E-state index in [1.54, 1.807) is 42.5 Å². The zero-order chi connectivity index (χ0) is 32.6. The van der Waals surface area contributed by atoms with Gasteiger partial charge in [0.15, 0.2) is 0 Å². The molecule has 0 spiro atoms. The number of nitrogens with zero attached hydrogens (tertiary/aromatic N) is 2. The van der Waals surface area contributed by atoms with Crippen LogP contribution >= 0.6 is 34.8 Å². The fourth-order valence-electron chi connectivity index (χ4n) is 4.74. The van der Waals surface area contributed by atoms with Crippen molar-refractivity contribution in [2.24, 2.45) is 0 Å². The van der Waals surface area contributed by atoms with Gasteiger partial charge in [-0.2, -0.15) is 0 Å². The van der Waals surface area contributed by atoms with E-state index in [-0.39, 0.29) is 40.5 Å². The lowest BCUT2D eigenvalue weighted by molar-refractivity contribution is -0.140. The van der Waals surface area contributed by atoms with Crippen molar-refractivity contribution in [2.75, 3.05) is 10.8 Å². The molecule has 0 aromatic heterocycles. The number of carbonyl (C=O) groups excluding carboxylic acids is 2. The van der Waals surface area contributed by atoms with E-state index in [2.05, 4.69) is 5.32 Å². The minimum atomic E-state index is -4.29. The van der Waals surface area contributed by atoms with E-state index in [0.29, 0.717) is 22.0 Å². The summed E-state index contributed by atoms with van der Waals surface area (Å²) < 4.78 is 29.1. The Labute approximate surface area is 279 Å². The standard InChI is InChI=1S/C34H34Cl3N3O4S/c1-3-24(2)38-34(42)32(20-25-11-6-4-7-12-25)39(22-26-13-10-14-27(35)19-26)33(41)23-40(31-18-17-28(36)21-30(31)37)45(43,44)29-15-8-5-9-16-29/h4-19,21,24,32H,3,20,22-23H2,1-2H3,(H,38,42)/t24-,32-/m0/s1. The van der Waals surface area contributed by atoms with Crippen LogP contribution in [0.25, 0.3) is 0 Å². The van der Waals surface area contributed by atoms with Crippen molar-refractivity contribution in [1.29, 1.82) is 0 Å². The number of amides is 2. The monoisotopic (exact) mass is 685 g/mol. The summed E-state index contributed by atoms with van der Waals surface area (Å²) in [6, 6.07) is 27.3. The van der Waals surface area contributed by atoms with Crippen LogP contribution in [0, 0.1) is 0 Å². The summed E-state index contributed by atoms with van der Waals surface area (Å²) in [7, 11) is -4.29. The van der Waals surface area contributed by atoms with Gasteiger partial charge in [-0.25, -0.2) is 8.42 Å². The molecule has 4 aromatic rings. The van der Waals surface area contributed by atoms with Crippen molar-refractivity contribution < 1.29 is 18.0 Å². The lowest BCUT2D eigenvalue weighted by atomic mass is 10.0. The summed E-state index contributed by atoms with van der Waals surface area (Å²) in [5.74, 6) is -0.966. The number of benzene rings is 4. The summed E-state index contributed by atoms with van der Waals surface area (Å²) in [4.78, 5) is 29.8. The molecule has 0 radical (unpaired) electrons. The maximum Gasteiger partial charge on any atom is 0.264 e. The van der Waals surface area contributed by atoms with Gasteiger partial charge in [0, 0.05) is 29.1 Å². The number of anilines is 1.